The van der Waals surface area contributed by atoms with E-state index < -0.39 is 11.0 Å². The van der Waals surface area contributed by atoms with E-state index in [9.17, 15) is 0 Å². The van der Waals surface area contributed by atoms with Gasteiger partial charge in [0.2, 0.25) is 0 Å². The van der Waals surface area contributed by atoms with Crippen molar-refractivity contribution in [3.05, 3.63) is 0 Å². The van der Waals surface area contributed by atoms with Gasteiger partial charge in [-0.05, 0) is 0 Å². The second-order valence-corrected chi connectivity index (χ2v) is 0.612. The summed E-state index contributed by atoms with van der Waals surface area (Å²) >= 11 is 0. The molecule has 0 aromatic carbocycles. The molecule has 0 bridgehead atoms. The molecule has 0 aromatic heterocycles. The van der Waals surface area contributed by atoms with Gasteiger partial charge in [-0.3, -0.25) is 0 Å². The van der Waals surface area contributed by atoms with E-state index in [2.05, 4.69) is 0 Å². The summed E-state index contributed by atoms with van der Waals surface area (Å²) in [5, 5.41) is 0. The maximum absolute atomic E-state index is 8.44. The first-order valence-electron chi connectivity index (χ1n) is 0.500. The zero-order valence-corrected chi connectivity index (χ0v) is 12.2. The summed E-state index contributed by atoms with van der Waals surface area (Å²) in [4.78, 5) is 0. The van der Waals surface area contributed by atoms with Gasteiger partial charge >= 0.3 is 55.4 Å². The quantitative estimate of drug-likeness (QED) is 0.179. The normalized spacial score (nSPS) is 5.67. The Kier molecular flexibility index (Phi) is 25.9. The largest absolute Gasteiger partial charge is 1.00 e. The van der Waals surface area contributed by atoms with Gasteiger partial charge in [-0.2, -0.15) is 11.0 Å². The van der Waals surface area contributed by atoms with Gasteiger partial charge in [-0.25, -0.2) is 0 Å². The number of hydrogen-bond donors (Lipinski definition) is 0. The van der Waals surface area contributed by atoms with E-state index in [1.54, 1.807) is 0 Å². The molecule has 0 aliphatic carbocycles. The summed E-state index contributed by atoms with van der Waals surface area (Å²) in [6.45, 7) is 0. The maximum Gasteiger partial charge on any atom is 1.00 e. The molecule has 6 heteroatoms. The summed E-state index contributed by atoms with van der Waals surface area (Å²) in [5.74, 6) is 0. The number of rotatable bonds is 0. The molecule has 0 rings (SSSR count). The molecular formula is H2InNaO3S-. The van der Waals surface area contributed by atoms with Gasteiger partial charge in [0.1, 0.15) is 0 Å². The van der Waals surface area contributed by atoms with Crippen LogP contribution in [0.25, 0.3) is 0 Å². The summed E-state index contributed by atoms with van der Waals surface area (Å²) in [7, 11) is -3.11. The Hall–Kier alpha value is 1.78. The molecule has 0 saturated heterocycles. The summed E-state index contributed by atoms with van der Waals surface area (Å²) in [6, 6.07) is 0. The fraction of sp³-hybridized carbons (Fsp3) is 0. The van der Waals surface area contributed by atoms with Gasteiger partial charge < -0.3 is 13.0 Å². The molecule has 0 aromatic rings. The molecule has 0 aliphatic heterocycles. The summed E-state index contributed by atoms with van der Waals surface area (Å²) < 4.78 is 25.3. The van der Waals surface area contributed by atoms with Crippen molar-refractivity contribution >= 4 is 36.8 Å². The molecule has 0 fully saturated rings. The second kappa shape index (κ2) is 9.91. The van der Waals surface area contributed by atoms with Crippen molar-refractivity contribution in [2.75, 3.05) is 0 Å². The molecule has 0 unspecified atom stereocenters. The molecule has 0 atom stereocenters. The Labute approximate surface area is 78.4 Å². The Morgan fingerprint density at radius 2 is 1.33 bits per heavy atom. The third kappa shape index (κ3) is 41.7. The second-order valence-electron chi connectivity index (χ2n) is 0.204. The smallest absolute Gasteiger partial charge is 1.00 e. The minimum absolute atomic E-state index is 0. The van der Waals surface area contributed by atoms with Crippen molar-refractivity contribution in [3.63, 3.8) is 0 Å². The Morgan fingerprint density at radius 1 is 1.33 bits per heavy atom. The van der Waals surface area contributed by atoms with E-state index in [1.165, 1.54) is 0 Å². The average Bonchev–Trinajstić information content (AvgIpc) is 0.811. The molecule has 0 amide bonds. The minimum Gasteiger partial charge on any atom is 1.00 e. The van der Waals surface area contributed by atoms with Crippen molar-refractivity contribution in [1.82, 2.24) is 0 Å². The van der Waals surface area contributed by atoms with Crippen LogP contribution in [0.5, 0.6) is 0 Å². The van der Waals surface area contributed by atoms with Crippen molar-refractivity contribution in [3.8, 4) is 0 Å². The van der Waals surface area contributed by atoms with E-state index in [0.717, 1.165) is 0 Å². The fourth-order valence-corrected chi connectivity index (χ4v) is 0. The first-order valence-corrected chi connectivity index (χ1v) is 1.50. The van der Waals surface area contributed by atoms with Crippen molar-refractivity contribution in [2.45, 2.75) is 0 Å². The molecule has 0 spiro atoms. The van der Waals surface area contributed by atoms with Crippen molar-refractivity contribution < 1.29 is 42.5 Å². The maximum atomic E-state index is 8.44. The van der Waals surface area contributed by atoms with E-state index in [4.69, 9.17) is 13.0 Å². The zero-order chi connectivity index (χ0) is 3.58. The van der Waals surface area contributed by atoms with Crippen LogP contribution in [0.3, 0.4) is 0 Å². The summed E-state index contributed by atoms with van der Waals surface area (Å²) in [6.07, 6.45) is 0. The van der Waals surface area contributed by atoms with Crippen LogP contribution in [0.1, 0.15) is 0 Å². The predicted octanol–water partition coefficient (Wildman–Crippen LogP) is -4.49. The van der Waals surface area contributed by atoms with E-state index in [-0.39, 0.29) is 55.4 Å². The van der Waals surface area contributed by atoms with Gasteiger partial charge in [0.15, 0.2) is 0 Å². The van der Waals surface area contributed by atoms with E-state index in [1.807, 2.05) is 0 Å². The first kappa shape index (κ1) is 15.7. The molecule has 1 radical (unpaired) electrons. The zero-order valence-electron chi connectivity index (χ0n) is 3.63. The van der Waals surface area contributed by atoms with Crippen molar-refractivity contribution in [2.24, 2.45) is 0 Å². The molecule has 31 valence electrons. The summed E-state index contributed by atoms with van der Waals surface area (Å²) in [5.41, 5.74) is 0. The van der Waals surface area contributed by atoms with Crippen LogP contribution in [0.2, 0.25) is 0 Å². The van der Waals surface area contributed by atoms with Crippen LogP contribution < -0.4 is 29.6 Å². The van der Waals surface area contributed by atoms with Crippen LogP contribution in [0, 0.1) is 0 Å². The van der Waals surface area contributed by atoms with Crippen LogP contribution in [0.4, 0.5) is 0 Å². The number of hydrogen-bond acceptors (Lipinski definition) is 4. The van der Waals surface area contributed by atoms with Gasteiger partial charge in [-0.15, -0.1) is 0 Å². The van der Waals surface area contributed by atoms with Gasteiger partial charge in [0.25, 0.3) is 0 Å². The van der Waals surface area contributed by atoms with Crippen LogP contribution in [0.15, 0.2) is 0 Å². The SMILES string of the molecule is O=[S-](=O)[O-].[InH2].[Na+]. The third-order valence-corrected chi connectivity index (χ3v) is 0. The first-order chi connectivity index (χ1) is 1.73. The average molecular weight is 220 g/mol. The van der Waals surface area contributed by atoms with Gasteiger partial charge in [-0.1, -0.05) is 0 Å². The van der Waals surface area contributed by atoms with Crippen LogP contribution in [-0.2, 0) is 19.4 Å². The Balaban J connectivity index is -0.0000000450. The third-order valence-electron chi connectivity index (χ3n) is 0. The fourth-order valence-electron chi connectivity index (χ4n) is 0. The molecule has 0 heterocycles. The Morgan fingerprint density at radius 3 is 1.33 bits per heavy atom. The van der Waals surface area contributed by atoms with Gasteiger partial charge in [0, 0.05) is 0 Å². The van der Waals surface area contributed by atoms with E-state index >= 15 is 0 Å². The van der Waals surface area contributed by atoms with Crippen molar-refractivity contribution in [1.29, 1.82) is 0 Å². The van der Waals surface area contributed by atoms with Crippen LogP contribution >= 0.6 is 0 Å². The monoisotopic (exact) mass is 220 g/mol. The predicted molar refractivity (Wildman–Crippen MR) is 18.1 cm³/mol. The molecular weight excluding hydrogens is 218 g/mol. The molecule has 6 heavy (non-hydrogen) atoms. The minimum atomic E-state index is -3.11. The topological polar surface area (TPSA) is 57.2 Å². The van der Waals surface area contributed by atoms with E-state index in [0.29, 0.717) is 0 Å². The van der Waals surface area contributed by atoms with Gasteiger partial charge in [0.05, 0.1) is 0 Å². The molecule has 0 saturated carbocycles. The molecule has 0 N–H and O–H groups in total. The molecule has 3 nitrogen and oxygen atoms in total. The Bertz CT molecular complexity index is 59.2. The molecule has 0 aliphatic rings. The standard InChI is InChI=1S/In.Na.O3S.2H/c;;1-4(2)3;;/q;+1;-2;;. The van der Waals surface area contributed by atoms with Crippen LogP contribution in [-0.4, -0.2) is 30.4 Å².